The molecule has 1 aliphatic heterocycles. The molecule has 2 fully saturated rings. The number of hydrogen-bond donors (Lipinski definition) is 1. The smallest absolute Gasteiger partial charge is 0.223 e. The summed E-state index contributed by atoms with van der Waals surface area (Å²) in [6, 6.07) is 0.590. The number of nitrogens with zero attached hydrogens (tertiary/aromatic N) is 5. The molecule has 2 aromatic heterocycles. The van der Waals surface area contributed by atoms with E-state index >= 15 is 0 Å². The van der Waals surface area contributed by atoms with E-state index in [9.17, 15) is 9.59 Å². The van der Waals surface area contributed by atoms with Gasteiger partial charge in [-0.15, -0.1) is 0 Å². The minimum Gasteiger partial charge on any atom is -0.353 e. The molecule has 154 valence electrons. The molecule has 0 unspecified atom stereocenters. The number of nitrogens with one attached hydrogen (secondary N) is 1. The lowest BCUT2D eigenvalue weighted by Crippen LogP contribution is -2.45. The van der Waals surface area contributed by atoms with E-state index in [1.54, 1.807) is 25.5 Å². The van der Waals surface area contributed by atoms with E-state index in [4.69, 9.17) is 0 Å². The molecule has 8 heteroatoms. The van der Waals surface area contributed by atoms with Gasteiger partial charge in [0, 0.05) is 56.1 Å². The first-order valence-electron chi connectivity index (χ1n) is 10.5. The van der Waals surface area contributed by atoms with E-state index in [-0.39, 0.29) is 23.8 Å². The molecule has 0 atom stereocenters. The van der Waals surface area contributed by atoms with Gasteiger partial charge in [0.05, 0.1) is 24.1 Å². The summed E-state index contributed by atoms with van der Waals surface area (Å²) in [5.41, 5.74) is 1.81. The zero-order chi connectivity index (χ0) is 20.2. The van der Waals surface area contributed by atoms with E-state index in [0.29, 0.717) is 19.1 Å². The number of hydrogen-bond acceptors (Lipinski definition) is 5. The lowest BCUT2D eigenvalue weighted by molar-refractivity contribution is -0.134. The van der Waals surface area contributed by atoms with Crippen molar-refractivity contribution in [3.63, 3.8) is 0 Å². The molecule has 1 saturated carbocycles. The number of rotatable bonds is 4. The predicted octanol–water partition coefficient (Wildman–Crippen LogP) is 2.20. The first-order valence-corrected chi connectivity index (χ1v) is 10.5. The Morgan fingerprint density at radius 1 is 1.03 bits per heavy atom. The van der Waals surface area contributed by atoms with Gasteiger partial charge in [-0.2, -0.15) is 5.10 Å². The second kappa shape index (κ2) is 8.71. The maximum atomic E-state index is 12.6. The van der Waals surface area contributed by atoms with Crippen molar-refractivity contribution in [2.45, 2.75) is 57.5 Å². The van der Waals surface area contributed by atoms with Crippen molar-refractivity contribution in [1.82, 2.24) is 30.0 Å². The number of aromatic nitrogens is 4. The van der Waals surface area contributed by atoms with E-state index in [2.05, 4.69) is 20.4 Å². The van der Waals surface area contributed by atoms with Crippen molar-refractivity contribution in [1.29, 1.82) is 0 Å². The maximum Gasteiger partial charge on any atom is 0.223 e. The Kier molecular flexibility index (Phi) is 5.87. The summed E-state index contributed by atoms with van der Waals surface area (Å²) in [7, 11) is 0. The molecule has 1 aliphatic carbocycles. The number of amides is 2. The van der Waals surface area contributed by atoms with Crippen molar-refractivity contribution in [3.8, 4) is 11.3 Å². The normalized spacial score (nSPS) is 23.0. The molecule has 0 aromatic carbocycles. The van der Waals surface area contributed by atoms with Crippen LogP contribution in [0.3, 0.4) is 0 Å². The average Bonchev–Trinajstić information content (AvgIpc) is 3.25. The van der Waals surface area contributed by atoms with Gasteiger partial charge in [-0.05, 0) is 38.5 Å². The molecule has 29 heavy (non-hydrogen) atoms. The molecule has 0 radical (unpaired) electrons. The van der Waals surface area contributed by atoms with Crippen LogP contribution in [0.15, 0.2) is 31.0 Å². The summed E-state index contributed by atoms with van der Waals surface area (Å²) in [4.78, 5) is 34.3. The monoisotopic (exact) mass is 396 g/mol. The molecule has 2 aromatic rings. The Hall–Kier alpha value is -2.77. The van der Waals surface area contributed by atoms with Gasteiger partial charge in [-0.25, -0.2) is 0 Å². The van der Waals surface area contributed by atoms with Crippen molar-refractivity contribution in [2.75, 3.05) is 13.1 Å². The molecule has 1 N–H and O–H groups in total. The summed E-state index contributed by atoms with van der Waals surface area (Å²) >= 11 is 0. The number of likely N-dealkylation sites (tertiary alicyclic amines) is 1. The minimum atomic E-state index is 0.0315. The van der Waals surface area contributed by atoms with Gasteiger partial charge < -0.3 is 10.2 Å². The van der Waals surface area contributed by atoms with E-state index < -0.39 is 0 Å². The van der Waals surface area contributed by atoms with Gasteiger partial charge >= 0.3 is 0 Å². The van der Waals surface area contributed by atoms with E-state index in [1.807, 2.05) is 22.0 Å². The Balaban J connectivity index is 1.25. The summed E-state index contributed by atoms with van der Waals surface area (Å²) in [5.74, 6) is 0.285. The average molecular weight is 396 g/mol. The zero-order valence-electron chi connectivity index (χ0n) is 16.8. The highest BCUT2D eigenvalue weighted by molar-refractivity contribution is 5.79. The Morgan fingerprint density at radius 2 is 1.79 bits per heavy atom. The maximum absolute atomic E-state index is 12.6. The van der Waals surface area contributed by atoms with Crippen LogP contribution >= 0.6 is 0 Å². The third-order valence-corrected chi connectivity index (χ3v) is 6.19. The second-order valence-electron chi connectivity index (χ2n) is 8.09. The molecule has 8 nitrogen and oxygen atoms in total. The molecule has 4 rings (SSSR count). The molecule has 1 saturated heterocycles. The Morgan fingerprint density at radius 3 is 2.45 bits per heavy atom. The molecule has 2 aliphatic rings. The fraction of sp³-hybridized carbons (Fsp3) is 0.571. The summed E-state index contributed by atoms with van der Waals surface area (Å²) in [5, 5.41) is 7.77. The highest BCUT2D eigenvalue weighted by Crippen LogP contribution is 2.30. The molecular formula is C21H28N6O2. The van der Waals surface area contributed by atoms with Crippen LogP contribution in [0, 0.1) is 5.92 Å². The largest absolute Gasteiger partial charge is 0.353 e. The van der Waals surface area contributed by atoms with Crippen LogP contribution in [0.1, 0.15) is 51.5 Å². The van der Waals surface area contributed by atoms with Gasteiger partial charge in [-0.3, -0.25) is 24.2 Å². The molecule has 3 heterocycles. The van der Waals surface area contributed by atoms with Crippen molar-refractivity contribution in [2.24, 2.45) is 5.92 Å². The lowest BCUT2D eigenvalue weighted by Gasteiger charge is -2.33. The van der Waals surface area contributed by atoms with Gasteiger partial charge in [0.25, 0.3) is 0 Å². The fourth-order valence-corrected chi connectivity index (χ4v) is 4.38. The van der Waals surface area contributed by atoms with Crippen LogP contribution in [-0.4, -0.2) is 55.6 Å². The van der Waals surface area contributed by atoms with Crippen molar-refractivity contribution < 1.29 is 9.59 Å². The molecular weight excluding hydrogens is 368 g/mol. The molecule has 2 amide bonds. The van der Waals surface area contributed by atoms with Crippen LogP contribution in [0.25, 0.3) is 11.3 Å². The predicted molar refractivity (Wildman–Crippen MR) is 108 cm³/mol. The first kappa shape index (κ1) is 19.5. The van der Waals surface area contributed by atoms with Crippen LogP contribution in [-0.2, 0) is 9.59 Å². The van der Waals surface area contributed by atoms with Gasteiger partial charge in [0.15, 0.2) is 0 Å². The van der Waals surface area contributed by atoms with Gasteiger partial charge in [0.1, 0.15) is 0 Å². The van der Waals surface area contributed by atoms with Crippen LogP contribution < -0.4 is 5.32 Å². The third-order valence-electron chi connectivity index (χ3n) is 6.19. The minimum absolute atomic E-state index is 0.0315. The van der Waals surface area contributed by atoms with Crippen molar-refractivity contribution >= 4 is 11.8 Å². The molecule has 0 spiro atoms. The Labute approximate surface area is 170 Å². The number of carbonyl (C=O) groups excluding carboxylic acids is 2. The summed E-state index contributed by atoms with van der Waals surface area (Å²) < 4.78 is 2.03. The van der Waals surface area contributed by atoms with E-state index in [1.165, 1.54) is 0 Å². The fourth-order valence-electron chi connectivity index (χ4n) is 4.38. The quantitative estimate of drug-likeness (QED) is 0.855. The van der Waals surface area contributed by atoms with Crippen LogP contribution in [0.4, 0.5) is 0 Å². The van der Waals surface area contributed by atoms with Crippen LogP contribution in [0.5, 0.6) is 0 Å². The molecule has 0 bridgehead atoms. The van der Waals surface area contributed by atoms with Crippen molar-refractivity contribution in [3.05, 3.63) is 31.0 Å². The van der Waals surface area contributed by atoms with Crippen LogP contribution in [0.2, 0.25) is 0 Å². The number of piperidine rings is 1. The zero-order valence-corrected chi connectivity index (χ0v) is 16.8. The summed E-state index contributed by atoms with van der Waals surface area (Å²) in [6.07, 6.45) is 14.4. The van der Waals surface area contributed by atoms with Gasteiger partial charge in [0.2, 0.25) is 11.8 Å². The van der Waals surface area contributed by atoms with Gasteiger partial charge in [-0.1, -0.05) is 0 Å². The number of carbonyl (C=O) groups is 2. The first-order chi connectivity index (χ1) is 14.1. The third kappa shape index (κ3) is 4.63. The summed E-state index contributed by atoms with van der Waals surface area (Å²) in [6.45, 7) is 2.97. The SMILES string of the molecule is CC(=O)N1CCC(C(=O)NC2CCC(n3cc(-c4cnccn4)cn3)CC2)CC1. The second-order valence-corrected chi connectivity index (χ2v) is 8.09. The van der Waals surface area contributed by atoms with E-state index in [0.717, 1.165) is 49.8 Å². The lowest BCUT2D eigenvalue weighted by atomic mass is 9.89. The topological polar surface area (TPSA) is 93.0 Å². The highest BCUT2D eigenvalue weighted by atomic mass is 16.2. The highest BCUT2D eigenvalue weighted by Gasteiger charge is 2.29. The standard InChI is InChI=1S/C21H28N6O2/c1-15(28)26-10-6-16(7-11-26)21(29)25-18-2-4-19(5-3-18)27-14-17(12-24-27)20-13-22-8-9-23-20/h8-9,12-14,16,18-19H,2-7,10-11H2,1H3,(H,25,29). The Bertz CT molecular complexity index is 836.